The van der Waals surface area contributed by atoms with E-state index in [2.05, 4.69) is 44.1 Å². The van der Waals surface area contributed by atoms with Gasteiger partial charge < -0.3 is 5.32 Å². The van der Waals surface area contributed by atoms with Crippen LogP contribution in [0.4, 0.5) is 0 Å². The standard InChI is InChI=1S/C14H22BrN3/c1-2-6-18(11-14-4-3-5-17-14)10-12-7-13(15)9-16-8-12/h7-9,14,17H,2-6,10-11H2,1H3. The van der Waals surface area contributed by atoms with Crippen molar-refractivity contribution < 1.29 is 0 Å². The first-order chi connectivity index (χ1) is 8.78. The minimum atomic E-state index is 0.677. The zero-order valence-corrected chi connectivity index (χ0v) is 12.6. The zero-order chi connectivity index (χ0) is 12.8. The van der Waals surface area contributed by atoms with Gasteiger partial charge in [0.2, 0.25) is 0 Å². The Labute approximate surface area is 118 Å². The summed E-state index contributed by atoms with van der Waals surface area (Å²) in [5, 5.41) is 3.58. The van der Waals surface area contributed by atoms with E-state index in [0.29, 0.717) is 6.04 Å². The topological polar surface area (TPSA) is 28.2 Å². The highest BCUT2D eigenvalue weighted by Crippen LogP contribution is 2.14. The summed E-state index contributed by atoms with van der Waals surface area (Å²) in [4.78, 5) is 6.77. The van der Waals surface area contributed by atoms with Gasteiger partial charge in [0.1, 0.15) is 0 Å². The third-order valence-electron chi connectivity index (χ3n) is 3.35. The van der Waals surface area contributed by atoms with E-state index in [1.807, 2.05) is 12.4 Å². The first-order valence-electron chi connectivity index (χ1n) is 6.83. The Bertz CT molecular complexity index is 364. The fourth-order valence-corrected chi connectivity index (χ4v) is 2.99. The Balaban J connectivity index is 1.92. The lowest BCUT2D eigenvalue weighted by molar-refractivity contribution is 0.241. The summed E-state index contributed by atoms with van der Waals surface area (Å²) in [5.41, 5.74) is 1.29. The largest absolute Gasteiger partial charge is 0.313 e. The van der Waals surface area contributed by atoms with Gasteiger partial charge in [0.05, 0.1) is 0 Å². The summed E-state index contributed by atoms with van der Waals surface area (Å²) in [5.74, 6) is 0. The van der Waals surface area contributed by atoms with E-state index in [1.165, 1.54) is 31.4 Å². The highest BCUT2D eigenvalue weighted by Gasteiger charge is 2.17. The third kappa shape index (κ3) is 4.34. The highest BCUT2D eigenvalue weighted by atomic mass is 79.9. The van der Waals surface area contributed by atoms with E-state index in [1.54, 1.807) is 0 Å². The molecule has 2 rings (SSSR count). The van der Waals surface area contributed by atoms with Crippen LogP contribution >= 0.6 is 15.9 Å². The van der Waals surface area contributed by atoms with Crippen molar-refractivity contribution in [3.63, 3.8) is 0 Å². The Hall–Kier alpha value is -0.450. The molecule has 3 nitrogen and oxygen atoms in total. The van der Waals surface area contributed by atoms with Crippen LogP contribution in [0, 0.1) is 0 Å². The molecule has 2 heterocycles. The molecule has 0 aliphatic carbocycles. The first kappa shape index (κ1) is 14.0. The molecule has 4 heteroatoms. The smallest absolute Gasteiger partial charge is 0.0410 e. The van der Waals surface area contributed by atoms with Gasteiger partial charge in [-0.15, -0.1) is 0 Å². The molecule has 1 atom stereocenters. The van der Waals surface area contributed by atoms with Gasteiger partial charge in [-0.05, 0) is 59.9 Å². The molecule has 1 saturated heterocycles. The number of hydrogen-bond acceptors (Lipinski definition) is 3. The molecule has 0 saturated carbocycles. The molecule has 0 aromatic carbocycles. The van der Waals surface area contributed by atoms with E-state index < -0.39 is 0 Å². The molecule has 1 aliphatic rings. The fourth-order valence-electron chi connectivity index (χ4n) is 2.58. The van der Waals surface area contributed by atoms with Crippen molar-refractivity contribution in [3.05, 3.63) is 28.5 Å². The summed E-state index contributed by atoms with van der Waals surface area (Å²) >= 11 is 3.49. The molecular weight excluding hydrogens is 290 g/mol. The maximum Gasteiger partial charge on any atom is 0.0410 e. The van der Waals surface area contributed by atoms with Gasteiger partial charge in [-0.3, -0.25) is 9.88 Å². The molecule has 1 unspecified atom stereocenters. The number of pyridine rings is 1. The number of hydrogen-bond donors (Lipinski definition) is 1. The molecule has 100 valence electrons. The maximum atomic E-state index is 4.24. The van der Waals surface area contributed by atoms with Gasteiger partial charge in [0.15, 0.2) is 0 Å². The number of halogens is 1. The van der Waals surface area contributed by atoms with Gasteiger partial charge in [-0.1, -0.05) is 6.92 Å². The van der Waals surface area contributed by atoms with Crippen LogP contribution in [-0.4, -0.2) is 35.6 Å². The van der Waals surface area contributed by atoms with Gasteiger partial charge in [-0.2, -0.15) is 0 Å². The molecule has 1 aliphatic heterocycles. The molecule has 1 aromatic rings. The molecular formula is C14H22BrN3. The van der Waals surface area contributed by atoms with Crippen molar-refractivity contribution in [2.45, 2.75) is 38.8 Å². The molecule has 18 heavy (non-hydrogen) atoms. The van der Waals surface area contributed by atoms with Crippen molar-refractivity contribution >= 4 is 15.9 Å². The quantitative estimate of drug-likeness (QED) is 0.875. The van der Waals surface area contributed by atoms with E-state index in [4.69, 9.17) is 0 Å². The van der Waals surface area contributed by atoms with Crippen LogP contribution in [-0.2, 0) is 6.54 Å². The maximum absolute atomic E-state index is 4.24. The summed E-state index contributed by atoms with van der Waals surface area (Å²) in [6, 6.07) is 2.84. The second-order valence-corrected chi connectivity index (χ2v) is 5.96. The third-order valence-corrected chi connectivity index (χ3v) is 3.78. The van der Waals surface area contributed by atoms with Crippen molar-refractivity contribution in [1.82, 2.24) is 15.2 Å². The number of nitrogens with one attached hydrogen (secondary N) is 1. The van der Waals surface area contributed by atoms with Gasteiger partial charge in [-0.25, -0.2) is 0 Å². The first-order valence-corrected chi connectivity index (χ1v) is 7.62. The Kier molecular flexibility index (Phi) is 5.60. The molecule has 1 N–H and O–H groups in total. The van der Waals surface area contributed by atoms with Crippen molar-refractivity contribution in [1.29, 1.82) is 0 Å². The highest BCUT2D eigenvalue weighted by molar-refractivity contribution is 9.10. The van der Waals surface area contributed by atoms with Crippen LogP contribution < -0.4 is 5.32 Å². The second-order valence-electron chi connectivity index (χ2n) is 5.04. The van der Waals surface area contributed by atoms with Crippen LogP contribution in [0.2, 0.25) is 0 Å². The van der Waals surface area contributed by atoms with E-state index in [-0.39, 0.29) is 0 Å². The monoisotopic (exact) mass is 311 g/mol. The average molecular weight is 312 g/mol. The Morgan fingerprint density at radius 1 is 1.50 bits per heavy atom. The van der Waals surface area contributed by atoms with Crippen molar-refractivity contribution in [2.24, 2.45) is 0 Å². The van der Waals surface area contributed by atoms with Gasteiger partial charge in [0.25, 0.3) is 0 Å². The predicted molar refractivity (Wildman–Crippen MR) is 78.5 cm³/mol. The van der Waals surface area contributed by atoms with Gasteiger partial charge >= 0.3 is 0 Å². The molecule has 0 bridgehead atoms. The average Bonchev–Trinajstić information content (AvgIpc) is 2.82. The van der Waals surface area contributed by atoms with Crippen molar-refractivity contribution in [2.75, 3.05) is 19.6 Å². The number of nitrogens with zero attached hydrogens (tertiary/aromatic N) is 2. The molecule has 1 aromatic heterocycles. The van der Waals surface area contributed by atoms with Gasteiger partial charge in [0, 0.05) is 36.0 Å². The number of rotatable bonds is 6. The van der Waals surface area contributed by atoms with Crippen LogP contribution in [0.5, 0.6) is 0 Å². The Morgan fingerprint density at radius 2 is 2.39 bits per heavy atom. The van der Waals surface area contributed by atoms with Crippen LogP contribution in [0.15, 0.2) is 22.9 Å². The Morgan fingerprint density at radius 3 is 3.06 bits per heavy atom. The summed E-state index contributed by atoms with van der Waals surface area (Å²) in [6.07, 6.45) is 7.65. The fraction of sp³-hybridized carbons (Fsp3) is 0.643. The van der Waals surface area contributed by atoms with Crippen LogP contribution in [0.3, 0.4) is 0 Å². The predicted octanol–water partition coefficient (Wildman–Crippen LogP) is 2.81. The SMILES string of the molecule is CCCN(Cc1cncc(Br)c1)CC1CCCN1. The summed E-state index contributed by atoms with van der Waals surface area (Å²) in [7, 11) is 0. The molecule has 1 fully saturated rings. The lowest BCUT2D eigenvalue weighted by Crippen LogP contribution is -2.37. The minimum absolute atomic E-state index is 0.677. The minimum Gasteiger partial charge on any atom is -0.313 e. The van der Waals surface area contributed by atoms with E-state index in [0.717, 1.165) is 24.1 Å². The van der Waals surface area contributed by atoms with E-state index >= 15 is 0 Å². The lowest BCUT2D eigenvalue weighted by atomic mass is 10.2. The second kappa shape index (κ2) is 7.22. The number of aromatic nitrogens is 1. The summed E-state index contributed by atoms with van der Waals surface area (Å²) in [6.45, 7) is 6.74. The van der Waals surface area contributed by atoms with E-state index in [9.17, 15) is 0 Å². The molecule has 0 amide bonds. The molecule has 0 radical (unpaired) electrons. The summed E-state index contributed by atoms with van der Waals surface area (Å²) < 4.78 is 1.07. The van der Waals surface area contributed by atoms with Crippen molar-refractivity contribution in [3.8, 4) is 0 Å². The normalized spacial score (nSPS) is 19.6. The van der Waals surface area contributed by atoms with Crippen LogP contribution in [0.25, 0.3) is 0 Å². The lowest BCUT2D eigenvalue weighted by Gasteiger charge is -2.25. The van der Waals surface area contributed by atoms with Crippen LogP contribution in [0.1, 0.15) is 31.7 Å². The molecule has 0 spiro atoms. The zero-order valence-electron chi connectivity index (χ0n) is 11.0.